The van der Waals surface area contributed by atoms with E-state index < -0.39 is 34.3 Å². The van der Waals surface area contributed by atoms with Crippen LogP contribution in [0.3, 0.4) is 0 Å². The highest BCUT2D eigenvalue weighted by Crippen LogP contribution is 2.33. The summed E-state index contributed by atoms with van der Waals surface area (Å²) in [6, 6.07) is 9.50. The molecule has 0 saturated carbocycles. The summed E-state index contributed by atoms with van der Waals surface area (Å²) < 4.78 is 69.8. The second kappa shape index (κ2) is 7.36. The highest BCUT2D eigenvalue weighted by molar-refractivity contribution is 7.92. The van der Waals surface area contributed by atoms with Gasteiger partial charge in [0.05, 0.1) is 23.3 Å². The van der Waals surface area contributed by atoms with Crippen LogP contribution in [0.15, 0.2) is 53.4 Å². The van der Waals surface area contributed by atoms with Gasteiger partial charge >= 0.3 is 12.1 Å². The monoisotopic (exact) mass is 387 g/mol. The van der Waals surface area contributed by atoms with Crippen LogP contribution in [0.5, 0.6) is 0 Å². The van der Waals surface area contributed by atoms with Gasteiger partial charge in [-0.3, -0.25) is 9.10 Å². The third-order valence-electron chi connectivity index (χ3n) is 3.57. The Morgan fingerprint density at radius 2 is 1.73 bits per heavy atom. The Morgan fingerprint density at radius 3 is 2.27 bits per heavy atom. The molecule has 0 radical (unpaired) electrons. The van der Waals surface area contributed by atoms with E-state index in [4.69, 9.17) is 0 Å². The van der Waals surface area contributed by atoms with E-state index in [2.05, 4.69) is 4.74 Å². The Hall–Kier alpha value is -2.55. The van der Waals surface area contributed by atoms with Gasteiger partial charge in [-0.1, -0.05) is 23.8 Å². The fourth-order valence-corrected chi connectivity index (χ4v) is 3.57. The summed E-state index contributed by atoms with van der Waals surface area (Å²) in [6.45, 7) is 1.00. The van der Waals surface area contributed by atoms with Gasteiger partial charge in [0.2, 0.25) is 0 Å². The molecule has 9 heteroatoms. The van der Waals surface area contributed by atoms with Crippen molar-refractivity contribution in [3.63, 3.8) is 0 Å². The van der Waals surface area contributed by atoms with Crippen molar-refractivity contribution >= 4 is 21.7 Å². The predicted octanol–water partition coefficient (Wildman–Crippen LogP) is 3.38. The first-order valence-corrected chi connectivity index (χ1v) is 8.83. The fraction of sp³-hybridized carbons (Fsp3) is 0.235. The summed E-state index contributed by atoms with van der Waals surface area (Å²) in [7, 11) is -3.21. The van der Waals surface area contributed by atoms with E-state index in [1.807, 2.05) is 0 Å². The van der Waals surface area contributed by atoms with Crippen molar-refractivity contribution in [1.82, 2.24) is 0 Å². The molecule has 0 N–H and O–H groups in total. The molecule has 0 bridgehead atoms. The normalized spacial score (nSPS) is 11.9. The lowest BCUT2D eigenvalue weighted by Gasteiger charge is -2.24. The number of ether oxygens (including phenoxy) is 1. The van der Waals surface area contributed by atoms with Crippen LogP contribution in [0.25, 0.3) is 0 Å². The lowest BCUT2D eigenvalue weighted by Crippen LogP contribution is -2.36. The molecular formula is C17H16F3NO4S. The zero-order chi connectivity index (χ0) is 19.5. The maximum absolute atomic E-state index is 13.0. The van der Waals surface area contributed by atoms with E-state index >= 15 is 0 Å². The summed E-state index contributed by atoms with van der Waals surface area (Å²) in [5.74, 6) is -0.905. The molecule has 0 amide bonds. The number of hydrogen-bond acceptors (Lipinski definition) is 4. The van der Waals surface area contributed by atoms with E-state index in [1.54, 1.807) is 19.1 Å². The molecule has 0 unspecified atom stereocenters. The van der Waals surface area contributed by atoms with Gasteiger partial charge in [-0.2, -0.15) is 13.2 Å². The number of rotatable bonds is 5. The Kier molecular flexibility index (Phi) is 5.60. The van der Waals surface area contributed by atoms with Crippen LogP contribution in [0, 0.1) is 6.92 Å². The number of anilines is 1. The van der Waals surface area contributed by atoms with Gasteiger partial charge < -0.3 is 4.74 Å². The highest BCUT2D eigenvalue weighted by atomic mass is 32.2. The Balaban J connectivity index is 2.57. The van der Waals surface area contributed by atoms with Crippen molar-refractivity contribution in [3.05, 3.63) is 59.7 Å². The average Bonchev–Trinajstić information content (AvgIpc) is 2.59. The van der Waals surface area contributed by atoms with Gasteiger partial charge in [-0.15, -0.1) is 0 Å². The van der Waals surface area contributed by atoms with Crippen LogP contribution in [-0.4, -0.2) is 28.0 Å². The summed E-state index contributed by atoms with van der Waals surface area (Å²) in [5.41, 5.74) is -0.502. The second-order valence-electron chi connectivity index (χ2n) is 5.45. The number of hydrogen-bond donors (Lipinski definition) is 0. The van der Waals surface area contributed by atoms with Gasteiger partial charge in [0.25, 0.3) is 10.0 Å². The summed E-state index contributed by atoms with van der Waals surface area (Å²) in [4.78, 5) is 11.5. The molecule has 5 nitrogen and oxygen atoms in total. The minimum absolute atomic E-state index is 0.149. The topological polar surface area (TPSA) is 63.7 Å². The molecule has 2 aromatic rings. The molecule has 0 aliphatic heterocycles. The molecule has 140 valence electrons. The number of esters is 1. The van der Waals surface area contributed by atoms with Crippen LogP contribution in [-0.2, 0) is 25.7 Å². The number of nitrogens with zero attached hydrogens (tertiary/aromatic N) is 1. The molecule has 2 aromatic carbocycles. The third kappa shape index (κ3) is 4.34. The molecule has 0 saturated heterocycles. The lowest BCUT2D eigenvalue weighted by atomic mass is 10.2. The summed E-state index contributed by atoms with van der Waals surface area (Å²) >= 11 is 0. The zero-order valence-electron chi connectivity index (χ0n) is 13.9. The molecule has 0 atom stereocenters. The molecule has 26 heavy (non-hydrogen) atoms. The first-order chi connectivity index (χ1) is 12.1. The van der Waals surface area contributed by atoms with Crippen LogP contribution in [0.2, 0.25) is 0 Å². The minimum Gasteiger partial charge on any atom is -0.468 e. The van der Waals surface area contributed by atoms with Gasteiger partial charge in [-0.25, -0.2) is 8.42 Å². The van der Waals surface area contributed by atoms with Crippen molar-refractivity contribution in [3.8, 4) is 0 Å². The van der Waals surface area contributed by atoms with Crippen molar-refractivity contribution < 1.29 is 31.1 Å². The Bertz CT molecular complexity index is 893. The maximum atomic E-state index is 13.0. The van der Waals surface area contributed by atoms with Crippen LogP contribution >= 0.6 is 0 Å². The molecule has 0 fully saturated rings. The van der Waals surface area contributed by atoms with Gasteiger partial charge in [0.15, 0.2) is 0 Å². The standard InChI is InChI=1S/C17H16F3NO4S/c1-12-6-8-15(9-7-12)26(23,24)21(11-16(22)25-2)14-5-3-4-13(10-14)17(18,19)20/h3-10H,11H2,1-2H3. The first-order valence-electron chi connectivity index (χ1n) is 7.39. The smallest absolute Gasteiger partial charge is 0.416 e. The van der Waals surface area contributed by atoms with E-state index in [0.29, 0.717) is 10.4 Å². The molecule has 0 aromatic heterocycles. The van der Waals surface area contributed by atoms with E-state index in [-0.39, 0.29) is 10.6 Å². The van der Waals surface area contributed by atoms with Gasteiger partial charge in [0, 0.05) is 0 Å². The number of sulfonamides is 1. The maximum Gasteiger partial charge on any atom is 0.416 e. The van der Waals surface area contributed by atoms with Crippen LogP contribution < -0.4 is 4.31 Å². The number of carbonyl (C=O) groups excluding carboxylic acids is 1. The molecule has 2 rings (SSSR count). The number of aryl methyl sites for hydroxylation is 1. The lowest BCUT2D eigenvalue weighted by molar-refractivity contribution is -0.139. The summed E-state index contributed by atoms with van der Waals surface area (Å²) in [5, 5.41) is 0. The van der Waals surface area contributed by atoms with E-state index in [1.165, 1.54) is 18.2 Å². The predicted molar refractivity (Wildman–Crippen MR) is 89.2 cm³/mol. The fourth-order valence-electron chi connectivity index (χ4n) is 2.17. The minimum atomic E-state index is -4.65. The molecule has 0 aliphatic carbocycles. The highest BCUT2D eigenvalue weighted by Gasteiger charge is 2.33. The largest absolute Gasteiger partial charge is 0.468 e. The van der Waals surface area contributed by atoms with E-state index in [0.717, 1.165) is 24.8 Å². The molecule has 0 spiro atoms. The number of methoxy groups -OCH3 is 1. The Labute approximate surface area is 149 Å². The SMILES string of the molecule is COC(=O)CN(c1cccc(C(F)(F)F)c1)S(=O)(=O)c1ccc(C)cc1. The van der Waals surface area contributed by atoms with Gasteiger partial charge in [0.1, 0.15) is 6.54 Å². The number of alkyl halides is 3. The molecule has 0 aliphatic rings. The second-order valence-corrected chi connectivity index (χ2v) is 7.31. The third-order valence-corrected chi connectivity index (χ3v) is 5.36. The zero-order valence-corrected chi connectivity index (χ0v) is 14.8. The van der Waals surface area contributed by atoms with Gasteiger partial charge in [-0.05, 0) is 37.3 Å². The van der Waals surface area contributed by atoms with Crippen molar-refractivity contribution in [1.29, 1.82) is 0 Å². The van der Waals surface area contributed by atoms with Crippen LogP contribution in [0.1, 0.15) is 11.1 Å². The van der Waals surface area contributed by atoms with Crippen molar-refractivity contribution in [2.24, 2.45) is 0 Å². The molecular weight excluding hydrogens is 371 g/mol. The van der Waals surface area contributed by atoms with Crippen LogP contribution in [0.4, 0.5) is 18.9 Å². The van der Waals surface area contributed by atoms with E-state index in [9.17, 15) is 26.4 Å². The molecule has 0 heterocycles. The number of benzene rings is 2. The first kappa shape index (κ1) is 19.8. The number of halogens is 3. The average molecular weight is 387 g/mol. The quantitative estimate of drug-likeness (QED) is 0.738. The van der Waals surface area contributed by atoms with Crippen molar-refractivity contribution in [2.45, 2.75) is 18.0 Å². The van der Waals surface area contributed by atoms with Crippen molar-refractivity contribution in [2.75, 3.05) is 18.0 Å². The Morgan fingerprint density at radius 1 is 1.12 bits per heavy atom. The number of carbonyl (C=O) groups is 1. The summed E-state index contributed by atoms with van der Waals surface area (Å²) in [6.07, 6.45) is -4.65.